The highest BCUT2D eigenvalue weighted by molar-refractivity contribution is 5.94. The Morgan fingerprint density at radius 2 is 1.84 bits per heavy atom. The highest BCUT2D eigenvalue weighted by Crippen LogP contribution is 2.30. The van der Waals surface area contributed by atoms with Gasteiger partial charge in [-0.3, -0.25) is 4.79 Å². The maximum absolute atomic E-state index is 12.6. The van der Waals surface area contributed by atoms with Gasteiger partial charge in [0.1, 0.15) is 5.82 Å². The van der Waals surface area contributed by atoms with Crippen molar-refractivity contribution in [2.75, 3.05) is 11.9 Å². The van der Waals surface area contributed by atoms with Crippen molar-refractivity contribution in [3.8, 4) is 0 Å². The van der Waals surface area contributed by atoms with Crippen LogP contribution >= 0.6 is 0 Å². The third kappa shape index (κ3) is 5.77. The lowest BCUT2D eigenvalue weighted by Gasteiger charge is -2.10. The van der Waals surface area contributed by atoms with Gasteiger partial charge in [0.25, 0.3) is 5.91 Å². The number of nitrogens with one attached hydrogen (secondary N) is 2. The maximum atomic E-state index is 12.6. The zero-order valence-electron chi connectivity index (χ0n) is 13.9. The first-order chi connectivity index (χ1) is 11.9. The number of carbonyl (C=O) groups excluding carboxylic acids is 1. The third-order valence-electron chi connectivity index (χ3n) is 3.57. The minimum atomic E-state index is -4.37. The van der Waals surface area contributed by atoms with Crippen molar-refractivity contribution in [1.82, 2.24) is 10.3 Å². The highest BCUT2D eigenvalue weighted by atomic mass is 19.4. The number of anilines is 2. The number of nitrogens with zero attached hydrogens (tertiary/aromatic N) is 1. The van der Waals surface area contributed by atoms with Gasteiger partial charge < -0.3 is 10.6 Å². The topological polar surface area (TPSA) is 54.0 Å². The third-order valence-corrected chi connectivity index (χ3v) is 3.57. The summed E-state index contributed by atoms with van der Waals surface area (Å²) in [5.74, 6) is 0.190. The highest BCUT2D eigenvalue weighted by Gasteiger charge is 2.29. The molecule has 2 aromatic rings. The normalized spacial score (nSPS) is 11.2. The van der Waals surface area contributed by atoms with Crippen molar-refractivity contribution >= 4 is 17.4 Å². The van der Waals surface area contributed by atoms with Crippen LogP contribution < -0.4 is 10.6 Å². The number of halogens is 3. The number of carbonyl (C=O) groups is 1. The van der Waals surface area contributed by atoms with E-state index in [0.29, 0.717) is 23.6 Å². The number of pyridine rings is 1. The van der Waals surface area contributed by atoms with E-state index in [-0.39, 0.29) is 5.91 Å². The molecule has 2 N–H and O–H groups in total. The molecule has 0 fully saturated rings. The molecule has 25 heavy (non-hydrogen) atoms. The number of alkyl halides is 3. The quantitative estimate of drug-likeness (QED) is 0.707. The Labute approximate surface area is 144 Å². The Kier molecular flexibility index (Phi) is 6.38. The maximum Gasteiger partial charge on any atom is 0.416 e. The smallest absolute Gasteiger partial charge is 0.352 e. The molecule has 0 unspecified atom stereocenters. The van der Waals surface area contributed by atoms with Crippen molar-refractivity contribution in [2.24, 2.45) is 0 Å². The minimum absolute atomic E-state index is 0.200. The Morgan fingerprint density at radius 1 is 1.12 bits per heavy atom. The molecule has 2 rings (SSSR count). The van der Waals surface area contributed by atoms with Crippen LogP contribution in [0.1, 0.15) is 42.1 Å². The van der Waals surface area contributed by atoms with Gasteiger partial charge >= 0.3 is 6.18 Å². The molecular weight excluding hydrogens is 331 g/mol. The fraction of sp³-hybridized carbons (Fsp3) is 0.333. The van der Waals surface area contributed by atoms with Gasteiger partial charge in [0.05, 0.1) is 5.56 Å². The van der Waals surface area contributed by atoms with E-state index >= 15 is 0 Å². The minimum Gasteiger partial charge on any atom is -0.352 e. The number of hydrogen-bond donors (Lipinski definition) is 2. The molecule has 0 saturated heterocycles. The molecule has 1 amide bonds. The molecule has 1 heterocycles. The van der Waals surface area contributed by atoms with Gasteiger partial charge in [0.15, 0.2) is 0 Å². The summed E-state index contributed by atoms with van der Waals surface area (Å²) < 4.78 is 37.7. The Morgan fingerprint density at radius 3 is 2.48 bits per heavy atom. The standard InChI is InChI=1S/C18H20F3N3O/c1-2-3-4-10-23-17(25)13-9-11-22-16(12-13)24-15-7-5-14(6-8-15)18(19,20)21/h5-9,11-12H,2-4,10H2,1H3,(H,22,24)(H,23,25). The van der Waals surface area contributed by atoms with Crippen molar-refractivity contribution < 1.29 is 18.0 Å². The summed E-state index contributed by atoms with van der Waals surface area (Å²) in [6, 6.07) is 7.78. The summed E-state index contributed by atoms with van der Waals surface area (Å²) in [6.45, 7) is 2.69. The molecule has 1 aromatic carbocycles. The molecule has 4 nitrogen and oxygen atoms in total. The van der Waals surface area contributed by atoms with E-state index in [1.54, 1.807) is 12.1 Å². The molecular formula is C18H20F3N3O. The number of hydrogen-bond acceptors (Lipinski definition) is 3. The molecule has 7 heteroatoms. The van der Waals surface area contributed by atoms with Crippen LogP contribution in [0.4, 0.5) is 24.7 Å². The number of rotatable bonds is 7. The summed E-state index contributed by atoms with van der Waals surface area (Å²) >= 11 is 0. The van der Waals surface area contributed by atoms with E-state index in [2.05, 4.69) is 22.5 Å². The fourth-order valence-corrected chi connectivity index (χ4v) is 2.21. The van der Waals surface area contributed by atoms with Gasteiger partial charge in [-0.25, -0.2) is 4.98 Å². The van der Waals surface area contributed by atoms with Gasteiger partial charge in [-0.15, -0.1) is 0 Å². The van der Waals surface area contributed by atoms with Crippen LogP contribution in [0, 0.1) is 0 Å². The number of aromatic nitrogens is 1. The Bertz CT molecular complexity index is 699. The van der Waals surface area contributed by atoms with Gasteiger partial charge in [-0.2, -0.15) is 13.2 Å². The molecule has 1 aromatic heterocycles. The van der Waals surface area contributed by atoms with Crippen LogP contribution in [0.3, 0.4) is 0 Å². The lowest BCUT2D eigenvalue weighted by molar-refractivity contribution is -0.137. The number of benzene rings is 1. The van der Waals surface area contributed by atoms with Gasteiger partial charge in [-0.05, 0) is 42.8 Å². The molecule has 0 spiro atoms. The monoisotopic (exact) mass is 351 g/mol. The molecule has 0 aliphatic heterocycles. The Balaban J connectivity index is 2.00. The van der Waals surface area contributed by atoms with Crippen LogP contribution in [-0.4, -0.2) is 17.4 Å². The summed E-state index contributed by atoms with van der Waals surface area (Å²) in [6.07, 6.45) is 0.160. The summed E-state index contributed by atoms with van der Waals surface area (Å²) in [5.41, 5.74) is 0.188. The second-order valence-electron chi connectivity index (χ2n) is 5.59. The summed E-state index contributed by atoms with van der Waals surface area (Å²) in [7, 11) is 0. The van der Waals surface area contributed by atoms with Crippen molar-refractivity contribution in [1.29, 1.82) is 0 Å². The zero-order valence-corrected chi connectivity index (χ0v) is 13.9. The van der Waals surface area contributed by atoms with Crippen LogP contribution in [0.25, 0.3) is 0 Å². The zero-order chi connectivity index (χ0) is 18.3. The average molecular weight is 351 g/mol. The van der Waals surface area contributed by atoms with E-state index in [9.17, 15) is 18.0 Å². The van der Waals surface area contributed by atoms with Crippen molar-refractivity contribution in [3.05, 3.63) is 53.7 Å². The largest absolute Gasteiger partial charge is 0.416 e. The van der Waals surface area contributed by atoms with E-state index in [0.717, 1.165) is 31.4 Å². The second kappa shape index (κ2) is 8.50. The molecule has 0 bridgehead atoms. The molecule has 134 valence electrons. The summed E-state index contributed by atoms with van der Waals surface area (Å²) in [4.78, 5) is 16.2. The predicted molar refractivity (Wildman–Crippen MR) is 90.8 cm³/mol. The van der Waals surface area contributed by atoms with Gasteiger partial charge in [0.2, 0.25) is 0 Å². The van der Waals surface area contributed by atoms with Crippen LogP contribution in [0.15, 0.2) is 42.6 Å². The number of amides is 1. The summed E-state index contributed by atoms with van der Waals surface area (Å²) in [5, 5.41) is 5.73. The van der Waals surface area contributed by atoms with Crippen LogP contribution in [-0.2, 0) is 6.18 Å². The van der Waals surface area contributed by atoms with Gasteiger partial charge in [0, 0.05) is 24.0 Å². The first-order valence-electron chi connectivity index (χ1n) is 8.08. The van der Waals surface area contributed by atoms with Crippen LogP contribution in [0.2, 0.25) is 0 Å². The van der Waals surface area contributed by atoms with E-state index in [1.807, 2.05) is 0 Å². The van der Waals surface area contributed by atoms with E-state index < -0.39 is 11.7 Å². The molecule has 0 aliphatic rings. The molecule has 0 radical (unpaired) electrons. The molecule has 0 saturated carbocycles. The SMILES string of the molecule is CCCCCNC(=O)c1ccnc(Nc2ccc(C(F)(F)F)cc2)c1. The van der Waals surface area contributed by atoms with Crippen molar-refractivity contribution in [2.45, 2.75) is 32.4 Å². The first-order valence-corrected chi connectivity index (χ1v) is 8.08. The lowest BCUT2D eigenvalue weighted by atomic mass is 10.2. The predicted octanol–water partition coefficient (Wildman–Crippen LogP) is 4.76. The first kappa shape index (κ1) is 18.8. The molecule has 0 aliphatic carbocycles. The van der Waals surface area contributed by atoms with Crippen LogP contribution in [0.5, 0.6) is 0 Å². The molecule has 0 atom stereocenters. The van der Waals surface area contributed by atoms with E-state index in [1.165, 1.54) is 18.3 Å². The van der Waals surface area contributed by atoms with E-state index in [4.69, 9.17) is 0 Å². The number of unbranched alkanes of at least 4 members (excludes halogenated alkanes) is 2. The second-order valence-corrected chi connectivity index (χ2v) is 5.59. The lowest BCUT2D eigenvalue weighted by Crippen LogP contribution is -2.24. The van der Waals surface area contributed by atoms with Gasteiger partial charge in [-0.1, -0.05) is 19.8 Å². The Hall–Kier alpha value is -2.57. The fourth-order valence-electron chi connectivity index (χ4n) is 2.21. The average Bonchev–Trinajstić information content (AvgIpc) is 2.58. The van der Waals surface area contributed by atoms with Crippen molar-refractivity contribution in [3.63, 3.8) is 0 Å².